The van der Waals surface area contributed by atoms with Crippen LogP contribution in [0.2, 0.25) is 0 Å². The van der Waals surface area contributed by atoms with Crippen molar-refractivity contribution in [2.45, 2.75) is 6.92 Å². The molecule has 0 radical (unpaired) electrons. The van der Waals surface area contributed by atoms with Crippen molar-refractivity contribution < 1.29 is 0 Å². The van der Waals surface area contributed by atoms with Crippen molar-refractivity contribution in [3.8, 4) is 0 Å². The molecule has 72 valence electrons. The van der Waals surface area contributed by atoms with Crippen LogP contribution in [0.25, 0.3) is 0 Å². The van der Waals surface area contributed by atoms with Crippen LogP contribution in [0.3, 0.4) is 0 Å². The van der Waals surface area contributed by atoms with Crippen LogP contribution < -0.4 is 11.1 Å². The minimum atomic E-state index is 0.790. The molecule has 3 N–H and O–H groups in total. The summed E-state index contributed by atoms with van der Waals surface area (Å²) in [6, 6.07) is 9.97. The largest absolute Gasteiger partial charge is 0.397 e. The number of hydrogen-bond acceptors (Lipinski definition) is 3. The molecule has 0 saturated carbocycles. The van der Waals surface area contributed by atoms with E-state index in [1.54, 1.807) is 11.3 Å². The van der Waals surface area contributed by atoms with Gasteiger partial charge in [0.2, 0.25) is 0 Å². The highest BCUT2D eigenvalue weighted by Crippen LogP contribution is 2.28. The second kappa shape index (κ2) is 3.72. The van der Waals surface area contributed by atoms with E-state index in [-0.39, 0.29) is 0 Å². The first-order valence-electron chi connectivity index (χ1n) is 4.43. The molecule has 0 saturated heterocycles. The monoisotopic (exact) mass is 204 g/mol. The lowest BCUT2D eigenvalue weighted by atomic mass is 10.2. The quantitative estimate of drug-likeness (QED) is 0.736. The van der Waals surface area contributed by atoms with Crippen molar-refractivity contribution in [3.63, 3.8) is 0 Å². The fourth-order valence-corrected chi connectivity index (χ4v) is 1.96. The van der Waals surface area contributed by atoms with Gasteiger partial charge in [0.05, 0.1) is 16.4 Å². The Labute approximate surface area is 87.4 Å². The standard InChI is InChI=1S/C11H12N2S/c1-8-4-2-5-9(12)11(8)13-10-6-3-7-14-10/h2-7,13H,12H2,1H3. The zero-order valence-corrected chi connectivity index (χ0v) is 8.77. The average Bonchev–Trinajstić information content (AvgIpc) is 2.64. The molecule has 3 heteroatoms. The molecular formula is C11H12N2S. The van der Waals surface area contributed by atoms with Gasteiger partial charge >= 0.3 is 0 Å². The van der Waals surface area contributed by atoms with Crippen LogP contribution in [0.1, 0.15) is 5.56 Å². The lowest BCUT2D eigenvalue weighted by Crippen LogP contribution is -1.96. The molecule has 0 atom stereocenters. The number of rotatable bonds is 2. The van der Waals surface area contributed by atoms with Crippen LogP contribution in [0.15, 0.2) is 35.7 Å². The minimum Gasteiger partial charge on any atom is -0.397 e. The maximum absolute atomic E-state index is 5.88. The second-order valence-electron chi connectivity index (χ2n) is 3.14. The number of nitrogens with one attached hydrogen (secondary N) is 1. The van der Waals surface area contributed by atoms with Gasteiger partial charge in [-0.2, -0.15) is 0 Å². The Balaban J connectivity index is 2.33. The molecule has 2 nitrogen and oxygen atoms in total. The predicted molar refractivity (Wildman–Crippen MR) is 63.2 cm³/mol. The number of para-hydroxylation sites is 1. The number of benzene rings is 1. The van der Waals surface area contributed by atoms with Gasteiger partial charge in [-0.25, -0.2) is 0 Å². The van der Waals surface area contributed by atoms with Crippen LogP contribution in [0, 0.1) is 6.92 Å². The molecule has 0 spiro atoms. The van der Waals surface area contributed by atoms with E-state index in [1.807, 2.05) is 42.6 Å². The third kappa shape index (κ3) is 1.72. The lowest BCUT2D eigenvalue weighted by molar-refractivity contribution is 1.45. The third-order valence-electron chi connectivity index (χ3n) is 2.07. The van der Waals surface area contributed by atoms with Crippen LogP contribution in [-0.4, -0.2) is 0 Å². The number of nitrogens with two attached hydrogens (primary N) is 1. The van der Waals surface area contributed by atoms with Gasteiger partial charge < -0.3 is 11.1 Å². The van der Waals surface area contributed by atoms with Crippen molar-refractivity contribution >= 4 is 27.7 Å². The fourth-order valence-electron chi connectivity index (χ4n) is 1.33. The molecule has 1 aromatic carbocycles. The Morgan fingerprint density at radius 2 is 2.07 bits per heavy atom. The first-order chi connectivity index (χ1) is 6.77. The Kier molecular flexibility index (Phi) is 2.41. The summed E-state index contributed by atoms with van der Waals surface area (Å²) in [5, 5.41) is 6.47. The van der Waals surface area contributed by atoms with Crippen molar-refractivity contribution in [1.29, 1.82) is 0 Å². The van der Waals surface area contributed by atoms with Gasteiger partial charge in [0.1, 0.15) is 0 Å². The van der Waals surface area contributed by atoms with E-state index in [2.05, 4.69) is 5.32 Å². The zero-order chi connectivity index (χ0) is 9.97. The summed E-state index contributed by atoms with van der Waals surface area (Å²) in [6.07, 6.45) is 0. The molecule has 0 bridgehead atoms. The van der Waals surface area contributed by atoms with Crippen molar-refractivity contribution in [2.75, 3.05) is 11.1 Å². The number of anilines is 3. The van der Waals surface area contributed by atoms with E-state index in [0.717, 1.165) is 16.4 Å². The van der Waals surface area contributed by atoms with Crippen LogP contribution in [-0.2, 0) is 0 Å². The highest BCUT2D eigenvalue weighted by Gasteiger charge is 2.02. The normalized spacial score (nSPS) is 10.1. The van der Waals surface area contributed by atoms with Crippen molar-refractivity contribution in [3.05, 3.63) is 41.3 Å². The van der Waals surface area contributed by atoms with Gasteiger partial charge in [-0.15, -0.1) is 11.3 Å². The molecule has 0 aliphatic carbocycles. The molecular weight excluding hydrogens is 192 g/mol. The van der Waals surface area contributed by atoms with Gasteiger partial charge in [0, 0.05) is 0 Å². The summed E-state index contributed by atoms with van der Waals surface area (Å²) in [4.78, 5) is 0. The van der Waals surface area contributed by atoms with Crippen LogP contribution in [0.5, 0.6) is 0 Å². The molecule has 0 fully saturated rings. The summed E-state index contributed by atoms with van der Waals surface area (Å²) >= 11 is 1.67. The predicted octanol–water partition coefficient (Wildman–Crippen LogP) is 3.38. The molecule has 0 aliphatic rings. The zero-order valence-electron chi connectivity index (χ0n) is 7.95. The van der Waals surface area contributed by atoms with Gasteiger partial charge in [0.15, 0.2) is 0 Å². The van der Waals surface area contributed by atoms with E-state index in [1.165, 1.54) is 5.56 Å². The summed E-state index contributed by atoms with van der Waals surface area (Å²) in [6.45, 7) is 2.05. The number of aryl methyl sites for hydroxylation is 1. The molecule has 2 aromatic rings. The topological polar surface area (TPSA) is 38.0 Å². The van der Waals surface area contributed by atoms with E-state index in [4.69, 9.17) is 5.73 Å². The van der Waals surface area contributed by atoms with E-state index < -0.39 is 0 Å². The summed E-state index contributed by atoms with van der Waals surface area (Å²) in [7, 11) is 0. The average molecular weight is 204 g/mol. The van der Waals surface area contributed by atoms with Gasteiger partial charge in [-0.3, -0.25) is 0 Å². The first-order valence-corrected chi connectivity index (χ1v) is 5.31. The van der Waals surface area contributed by atoms with Crippen LogP contribution >= 0.6 is 11.3 Å². The van der Waals surface area contributed by atoms with Crippen LogP contribution in [0.4, 0.5) is 16.4 Å². The third-order valence-corrected chi connectivity index (χ3v) is 2.86. The molecule has 0 unspecified atom stereocenters. The Morgan fingerprint density at radius 1 is 1.21 bits per heavy atom. The van der Waals surface area contributed by atoms with Gasteiger partial charge in [0.25, 0.3) is 0 Å². The highest BCUT2D eigenvalue weighted by atomic mass is 32.1. The number of nitrogen functional groups attached to an aromatic ring is 1. The summed E-state index contributed by atoms with van der Waals surface area (Å²) < 4.78 is 0. The summed E-state index contributed by atoms with van der Waals surface area (Å²) in [5.74, 6) is 0. The lowest BCUT2D eigenvalue weighted by Gasteiger charge is -2.10. The van der Waals surface area contributed by atoms with E-state index in [9.17, 15) is 0 Å². The maximum Gasteiger partial charge on any atom is 0.0927 e. The SMILES string of the molecule is Cc1cccc(N)c1Nc1cccs1. The smallest absolute Gasteiger partial charge is 0.0927 e. The first kappa shape index (κ1) is 9.09. The Morgan fingerprint density at radius 3 is 2.71 bits per heavy atom. The second-order valence-corrected chi connectivity index (χ2v) is 4.09. The fraction of sp³-hybridized carbons (Fsp3) is 0.0909. The Hall–Kier alpha value is -1.48. The van der Waals surface area contributed by atoms with Crippen molar-refractivity contribution in [2.24, 2.45) is 0 Å². The number of hydrogen-bond donors (Lipinski definition) is 2. The molecule has 1 aromatic heterocycles. The maximum atomic E-state index is 5.88. The van der Waals surface area contributed by atoms with Crippen molar-refractivity contribution in [1.82, 2.24) is 0 Å². The molecule has 0 amide bonds. The molecule has 0 aliphatic heterocycles. The highest BCUT2D eigenvalue weighted by molar-refractivity contribution is 7.14. The molecule has 14 heavy (non-hydrogen) atoms. The van der Waals surface area contributed by atoms with Gasteiger partial charge in [-0.1, -0.05) is 12.1 Å². The molecule has 1 heterocycles. The van der Waals surface area contributed by atoms with E-state index >= 15 is 0 Å². The summed E-state index contributed by atoms with van der Waals surface area (Å²) in [5.41, 5.74) is 8.84. The Bertz CT molecular complexity index is 401. The van der Waals surface area contributed by atoms with Gasteiger partial charge in [-0.05, 0) is 36.1 Å². The molecule has 2 rings (SSSR count). The number of thiophene rings is 1. The minimum absolute atomic E-state index is 0.790. The van der Waals surface area contributed by atoms with E-state index in [0.29, 0.717) is 0 Å².